The largest absolute Gasteiger partial charge is 0.480 e. The first-order valence-electron chi connectivity index (χ1n) is 18.1. The van der Waals surface area contributed by atoms with Crippen molar-refractivity contribution in [2.45, 2.75) is 161 Å². The van der Waals surface area contributed by atoms with Crippen LogP contribution < -0.4 is 11.1 Å². The third kappa shape index (κ3) is 29.8. The minimum Gasteiger partial charge on any atom is -0.480 e. The lowest BCUT2D eigenvalue weighted by molar-refractivity contribution is -0.150. The number of nitrogens with one attached hydrogen (secondary N) is 1. The zero-order valence-electron chi connectivity index (χ0n) is 29.1. The van der Waals surface area contributed by atoms with E-state index in [1.807, 2.05) is 0 Å². The van der Waals surface area contributed by atoms with Gasteiger partial charge in [-0.05, 0) is 96.4 Å². The fourth-order valence-electron chi connectivity index (χ4n) is 4.90. The molecule has 0 aromatic rings. The lowest BCUT2D eigenvalue weighted by Gasteiger charge is -2.18. The summed E-state index contributed by atoms with van der Waals surface area (Å²) in [6.45, 7) is 4.74. The maximum absolute atomic E-state index is 12.6. The summed E-state index contributed by atoms with van der Waals surface area (Å²) in [5.41, 5.74) is 5.46. The Morgan fingerprint density at radius 3 is 1.74 bits per heavy atom. The predicted molar refractivity (Wildman–Crippen MR) is 193 cm³/mol. The van der Waals surface area contributed by atoms with Gasteiger partial charge in [0.1, 0.15) is 12.1 Å². The first-order valence-corrected chi connectivity index (χ1v) is 18.1. The van der Waals surface area contributed by atoms with Gasteiger partial charge in [-0.25, -0.2) is 4.79 Å². The molecule has 2 atom stereocenters. The van der Waals surface area contributed by atoms with E-state index in [4.69, 9.17) is 10.5 Å². The van der Waals surface area contributed by atoms with E-state index >= 15 is 0 Å². The molecule has 46 heavy (non-hydrogen) atoms. The van der Waals surface area contributed by atoms with Gasteiger partial charge >= 0.3 is 11.9 Å². The van der Waals surface area contributed by atoms with Crippen molar-refractivity contribution in [3.8, 4) is 0 Å². The third-order valence-corrected chi connectivity index (χ3v) is 7.60. The standard InChI is InChI=1S/C39H66N2O5/c1-3-5-7-9-10-11-12-13-14-15-16-17-18-19-20-21-27-33-38(43)46-35(29-24-8-6-4-2)30-25-22-23-26-32-37(42)41-36(39(44)45)31-28-34-40/h5,7,10-11,13-14,16-17,19-20,35-36H,3-4,6,8-9,12,15,18,21-34,40H2,1-2H3,(H,41,42)(H,44,45)/b7-5-,11-10-,14-13-,17-16-,20-19-. The first kappa shape index (κ1) is 43.1. The van der Waals surface area contributed by atoms with E-state index in [1.54, 1.807) is 0 Å². The molecule has 0 heterocycles. The molecule has 0 aliphatic rings. The molecule has 2 unspecified atom stereocenters. The minimum atomic E-state index is -1.02. The van der Waals surface area contributed by atoms with Gasteiger partial charge in [0.2, 0.25) is 5.91 Å². The molecule has 0 aliphatic carbocycles. The van der Waals surface area contributed by atoms with Crippen LogP contribution in [-0.4, -0.2) is 41.6 Å². The Morgan fingerprint density at radius 1 is 0.652 bits per heavy atom. The molecule has 0 rings (SSSR count). The van der Waals surface area contributed by atoms with Crippen LogP contribution in [0.3, 0.4) is 0 Å². The molecular formula is C39H66N2O5. The van der Waals surface area contributed by atoms with Crippen LogP contribution in [0.2, 0.25) is 0 Å². The van der Waals surface area contributed by atoms with Crippen LogP contribution in [0.15, 0.2) is 60.8 Å². The summed E-state index contributed by atoms with van der Waals surface area (Å²) in [7, 11) is 0. The molecule has 7 nitrogen and oxygen atoms in total. The summed E-state index contributed by atoms with van der Waals surface area (Å²) >= 11 is 0. The number of amides is 1. The number of carbonyl (C=O) groups excluding carboxylic acids is 2. The van der Waals surface area contributed by atoms with Gasteiger partial charge in [0, 0.05) is 12.8 Å². The van der Waals surface area contributed by atoms with Gasteiger partial charge in [0.05, 0.1) is 0 Å². The molecule has 0 bridgehead atoms. The molecule has 0 radical (unpaired) electrons. The SMILES string of the molecule is CC/C=C\C/C=C\C/C=C\C/C=C\C/C=C\CCCC(=O)OC(CCCCCC)CCCCCCC(=O)NC(CCCN)C(=O)O. The predicted octanol–water partition coefficient (Wildman–Crippen LogP) is 9.44. The number of carbonyl (C=O) groups is 3. The molecule has 0 saturated heterocycles. The quantitative estimate of drug-likeness (QED) is 0.0394. The van der Waals surface area contributed by atoms with Crippen molar-refractivity contribution in [3.05, 3.63) is 60.8 Å². The number of unbranched alkanes of at least 4 members (excludes halogenated alkanes) is 7. The van der Waals surface area contributed by atoms with Crippen molar-refractivity contribution in [1.82, 2.24) is 5.32 Å². The summed E-state index contributed by atoms with van der Waals surface area (Å²) in [6.07, 6.45) is 40.0. The first-order chi connectivity index (χ1) is 22.4. The summed E-state index contributed by atoms with van der Waals surface area (Å²) in [6, 6.07) is -0.869. The van der Waals surface area contributed by atoms with Gasteiger partial charge in [-0.2, -0.15) is 0 Å². The average molecular weight is 643 g/mol. The highest BCUT2D eigenvalue weighted by atomic mass is 16.5. The second-order valence-corrected chi connectivity index (χ2v) is 11.9. The molecule has 0 aromatic carbocycles. The van der Waals surface area contributed by atoms with E-state index in [1.165, 1.54) is 12.8 Å². The van der Waals surface area contributed by atoms with Crippen molar-refractivity contribution >= 4 is 17.8 Å². The Bertz CT molecular complexity index is 906. The van der Waals surface area contributed by atoms with Crippen LogP contribution in [0.25, 0.3) is 0 Å². The maximum atomic E-state index is 12.6. The molecule has 7 heteroatoms. The van der Waals surface area contributed by atoms with E-state index < -0.39 is 12.0 Å². The lowest BCUT2D eigenvalue weighted by Crippen LogP contribution is -2.40. The van der Waals surface area contributed by atoms with E-state index in [0.717, 1.165) is 89.9 Å². The van der Waals surface area contributed by atoms with Crippen LogP contribution >= 0.6 is 0 Å². The van der Waals surface area contributed by atoms with Gasteiger partial charge in [-0.1, -0.05) is 107 Å². The molecule has 4 N–H and O–H groups in total. The molecule has 0 aliphatic heterocycles. The Hall–Kier alpha value is -2.93. The normalized spacial score (nSPS) is 13.5. The summed E-state index contributed by atoms with van der Waals surface area (Å²) in [5.74, 6) is -1.35. The van der Waals surface area contributed by atoms with Crippen LogP contribution in [-0.2, 0) is 19.1 Å². The Labute approximate surface area is 280 Å². The second kappa shape index (κ2) is 33.4. The fourth-order valence-corrected chi connectivity index (χ4v) is 4.90. The second-order valence-electron chi connectivity index (χ2n) is 11.9. The number of hydrogen-bond donors (Lipinski definition) is 3. The topological polar surface area (TPSA) is 119 Å². The molecule has 1 amide bonds. The number of aliphatic carboxylic acids is 1. The average Bonchev–Trinajstić information content (AvgIpc) is 3.04. The molecule has 262 valence electrons. The van der Waals surface area contributed by atoms with Gasteiger partial charge < -0.3 is 20.9 Å². The van der Waals surface area contributed by atoms with E-state index in [-0.39, 0.29) is 18.0 Å². The van der Waals surface area contributed by atoms with Gasteiger partial charge in [0.15, 0.2) is 0 Å². The summed E-state index contributed by atoms with van der Waals surface area (Å²) in [5, 5.41) is 11.9. The Morgan fingerprint density at radius 2 is 1.20 bits per heavy atom. The van der Waals surface area contributed by atoms with Gasteiger partial charge in [0.25, 0.3) is 0 Å². The number of ether oxygens (including phenoxy) is 1. The van der Waals surface area contributed by atoms with E-state index in [2.05, 4.69) is 79.9 Å². The van der Waals surface area contributed by atoms with E-state index in [9.17, 15) is 19.5 Å². The van der Waals surface area contributed by atoms with Crippen LogP contribution in [0.4, 0.5) is 0 Å². The maximum Gasteiger partial charge on any atom is 0.326 e. The minimum absolute atomic E-state index is 0.0415. The number of esters is 1. The van der Waals surface area contributed by atoms with Crippen molar-refractivity contribution in [3.63, 3.8) is 0 Å². The van der Waals surface area contributed by atoms with Crippen molar-refractivity contribution < 1.29 is 24.2 Å². The summed E-state index contributed by atoms with van der Waals surface area (Å²) in [4.78, 5) is 36.0. The smallest absolute Gasteiger partial charge is 0.326 e. The molecular weight excluding hydrogens is 576 g/mol. The molecule has 0 fully saturated rings. The Kier molecular flexibility index (Phi) is 31.3. The number of nitrogens with two attached hydrogens (primary N) is 1. The third-order valence-electron chi connectivity index (χ3n) is 7.60. The van der Waals surface area contributed by atoms with Crippen LogP contribution in [0.1, 0.15) is 149 Å². The number of carboxylic acids is 1. The zero-order chi connectivity index (χ0) is 33.9. The Balaban J connectivity index is 4.20. The molecule has 0 spiro atoms. The number of allylic oxidation sites excluding steroid dienone is 10. The molecule has 0 saturated carbocycles. The highest BCUT2D eigenvalue weighted by molar-refractivity contribution is 5.83. The zero-order valence-corrected chi connectivity index (χ0v) is 29.1. The lowest BCUT2D eigenvalue weighted by atomic mass is 10.0. The van der Waals surface area contributed by atoms with Crippen molar-refractivity contribution in [2.75, 3.05) is 6.54 Å². The number of hydrogen-bond acceptors (Lipinski definition) is 5. The van der Waals surface area contributed by atoms with Crippen molar-refractivity contribution in [2.24, 2.45) is 5.73 Å². The van der Waals surface area contributed by atoms with E-state index in [0.29, 0.717) is 38.6 Å². The monoisotopic (exact) mass is 642 g/mol. The fraction of sp³-hybridized carbons (Fsp3) is 0.667. The van der Waals surface area contributed by atoms with Crippen LogP contribution in [0.5, 0.6) is 0 Å². The number of carboxylic acid groups (broad SMARTS) is 1. The highest BCUT2D eigenvalue weighted by Crippen LogP contribution is 2.17. The highest BCUT2D eigenvalue weighted by Gasteiger charge is 2.19. The van der Waals surface area contributed by atoms with Gasteiger partial charge in [-0.15, -0.1) is 0 Å². The van der Waals surface area contributed by atoms with Crippen molar-refractivity contribution in [1.29, 1.82) is 0 Å². The number of rotatable bonds is 31. The molecule has 0 aromatic heterocycles. The van der Waals surface area contributed by atoms with Gasteiger partial charge in [-0.3, -0.25) is 9.59 Å². The summed E-state index contributed by atoms with van der Waals surface area (Å²) < 4.78 is 5.89. The van der Waals surface area contributed by atoms with Crippen LogP contribution in [0, 0.1) is 0 Å².